The molecule has 0 atom stereocenters. The number of methoxy groups -OCH3 is 1. The van der Waals surface area contributed by atoms with Crippen LogP contribution in [0.2, 0.25) is 0 Å². The first-order valence-corrected chi connectivity index (χ1v) is 6.39. The Morgan fingerprint density at radius 3 is 2.62 bits per heavy atom. The van der Waals surface area contributed by atoms with Crippen molar-refractivity contribution < 1.29 is 13.9 Å². The van der Waals surface area contributed by atoms with Crippen LogP contribution >= 0.6 is 12.4 Å². The Bertz CT molecular complexity index is 638. The molecule has 2 rings (SSSR count). The molecule has 21 heavy (non-hydrogen) atoms. The predicted octanol–water partition coefficient (Wildman–Crippen LogP) is 3.42. The molecule has 0 saturated carbocycles. The molecule has 3 N–H and O–H groups in total. The molecular formula is C15H19ClN2O3. The summed E-state index contributed by atoms with van der Waals surface area (Å²) in [5.41, 5.74) is 7.84. The zero-order valence-corrected chi connectivity index (χ0v) is 13.0. The van der Waals surface area contributed by atoms with Crippen LogP contribution < -0.4 is 15.8 Å². The van der Waals surface area contributed by atoms with E-state index in [0.29, 0.717) is 22.9 Å². The van der Waals surface area contributed by atoms with Crippen molar-refractivity contribution in [1.29, 1.82) is 0 Å². The summed E-state index contributed by atoms with van der Waals surface area (Å²) >= 11 is 0. The number of nitrogens with two attached hydrogens (primary N) is 1. The van der Waals surface area contributed by atoms with Crippen LogP contribution in [0, 0.1) is 6.92 Å². The number of aryl methyl sites for hydroxylation is 2. The van der Waals surface area contributed by atoms with E-state index in [0.717, 1.165) is 17.7 Å². The maximum atomic E-state index is 12.1. The number of nitrogens with one attached hydrogen (secondary N) is 1. The van der Waals surface area contributed by atoms with Gasteiger partial charge in [0.05, 0.1) is 12.8 Å². The van der Waals surface area contributed by atoms with E-state index in [4.69, 9.17) is 14.9 Å². The van der Waals surface area contributed by atoms with Gasteiger partial charge < -0.3 is 20.2 Å². The Balaban J connectivity index is 0.00000220. The lowest BCUT2D eigenvalue weighted by molar-refractivity contribution is 0.0995. The third-order valence-electron chi connectivity index (χ3n) is 3.05. The maximum Gasteiger partial charge on any atom is 0.291 e. The van der Waals surface area contributed by atoms with Crippen LogP contribution in [0.5, 0.6) is 5.75 Å². The van der Waals surface area contributed by atoms with Crippen LogP contribution in [0.15, 0.2) is 28.7 Å². The van der Waals surface area contributed by atoms with Crippen LogP contribution in [-0.2, 0) is 6.42 Å². The summed E-state index contributed by atoms with van der Waals surface area (Å²) in [7, 11) is 1.54. The highest BCUT2D eigenvalue weighted by Crippen LogP contribution is 2.25. The predicted molar refractivity (Wildman–Crippen MR) is 85.4 cm³/mol. The van der Waals surface area contributed by atoms with Crippen LogP contribution in [-0.4, -0.2) is 13.0 Å². The Morgan fingerprint density at radius 2 is 2.10 bits per heavy atom. The molecule has 0 aliphatic carbocycles. The van der Waals surface area contributed by atoms with E-state index >= 15 is 0 Å². The molecule has 0 radical (unpaired) electrons. The molecule has 0 spiro atoms. The van der Waals surface area contributed by atoms with Crippen molar-refractivity contribution in [3.8, 4) is 5.75 Å². The molecule has 2 aromatic rings. The molecule has 1 amide bonds. The normalized spacial score (nSPS) is 9.86. The van der Waals surface area contributed by atoms with E-state index in [1.54, 1.807) is 31.4 Å². The molecule has 5 nitrogen and oxygen atoms in total. The number of anilines is 2. The van der Waals surface area contributed by atoms with Crippen LogP contribution in [0.4, 0.5) is 11.4 Å². The minimum absolute atomic E-state index is 0. The van der Waals surface area contributed by atoms with Gasteiger partial charge in [-0.05, 0) is 36.8 Å². The molecule has 1 aromatic carbocycles. The van der Waals surface area contributed by atoms with Gasteiger partial charge in [0.25, 0.3) is 5.91 Å². The second-order valence-electron chi connectivity index (χ2n) is 4.48. The first-order chi connectivity index (χ1) is 9.55. The molecule has 0 bridgehead atoms. The molecule has 0 saturated heterocycles. The highest BCUT2D eigenvalue weighted by Gasteiger charge is 2.14. The highest BCUT2D eigenvalue weighted by atomic mass is 35.5. The van der Waals surface area contributed by atoms with Gasteiger partial charge in [-0.15, -0.1) is 12.4 Å². The molecule has 0 fully saturated rings. The average Bonchev–Trinajstić information content (AvgIpc) is 2.80. The highest BCUT2D eigenvalue weighted by molar-refractivity contribution is 6.02. The van der Waals surface area contributed by atoms with Crippen molar-refractivity contribution in [2.75, 3.05) is 18.2 Å². The van der Waals surface area contributed by atoms with Gasteiger partial charge in [-0.25, -0.2) is 0 Å². The van der Waals surface area contributed by atoms with E-state index in [-0.39, 0.29) is 18.3 Å². The van der Waals surface area contributed by atoms with Crippen molar-refractivity contribution in [2.45, 2.75) is 20.3 Å². The molecule has 6 heteroatoms. The zero-order chi connectivity index (χ0) is 14.7. The number of carbonyl (C=O) groups is 1. The Hall–Kier alpha value is -2.14. The number of carbonyl (C=O) groups excluding carboxylic acids is 1. The van der Waals surface area contributed by atoms with Gasteiger partial charge in [0.15, 0.2) is 5.76 Å². The number of nitrogen functional groups attached to an aromatic ring is 1. The number of halogens is 1. The smallest absolute Gasteiger partial charge is 0.291 e. The third kappa shape index (κ3) is 3.70. The topological polar surface area (TPSA) is 77.5 Å². The first kappa shape index (κ1) is 16.9. The summed E-state index contributed by atoms with van der Waals surface area (Å²) in [5, 5.41) is 2.75. The summed E-state index contributed by atoms with van der Waals surface area (Å²) in [6, 6.07) is 6.81. The van der Waals surface area contributed by atoms with Crippen LogP contribution in [0.1, 0.15) is 28.8 Å². The van der Waals surface area contributed by atoms with E-state index < -0.39 is 0 Å². The van der Waals surface area contributed by atoms with Gasteiger partial charge >= 0.3 is 0 Å². The number of hydrogen-bond donors (Lipinski definition) is 2. The number of ether oxygens (including phenoxy) is 1. The van der Waals surface area contributed by atoms with Crippen LogP contribution in [0.25, 0.3) is 0 Å². The number of benzene rings is 1. The number of furan rings is 1. The quantitative estimate of drug-likeness (QED) is 0.848. The molecule has 0 aliphatic heterocycles. The minimum atomic E-state index is -0.294. The second-order valence-corrected chi connectivity index (χ2v) is 4.48. The van der Waals surface area contributed by atoms with E-state index in [1.165, 1.54) is 0 Å². The third-order valence-corrected chi connectivity index (χ3v) is 3.05. The molecule has 0 aliphatic rings. The summed E-state index contributed by atoms with van der Waals surface area (Å²) in [4.78, 5) is 12.1. The summed E-state index contributed by atoms with van der Waals surface area (Å²) in [5.74, 6) is 1.40. The molecular weight excluding hydrogens is 292 g/mol. The molecule has 114 valence electrons. The fourth-order valence-electron chi connectivity index (χ4n) is 1.99. The summed E-state index contributed by atoms with van der Waals surface area (Å²) < 4.78 is 10.6. The SMILES string of the molecule is CCc1oc(C(=O)Nc2ccc(OC)c(N)c2)cc1C.Cl. The van der Waals surface area contributed by atoms with Crippen LogP contribution in [0.3, 0.4) is 0 Å². The summed E-state index contributed by atoms with van der Waals surface area (Å²) in [6.07, 6.45) is 0.759. The largest absolute Gasteiger partial charge is 0.495 e. The fourth-order valence-corrected chi connectivity index (χ4v) is 1.99. The maximum absolute atomic E-state index is 12.1. The number of hydrogen-bond acceptors (Lipinski definition) is 4. The standard InChI is InChI=1S/C15H18N2O3.ClH/c1-4-12-9(2)7-14(20-12)15(18)17-10-5-6-13(19-3)11(16)8-10;/h5-8H,4,16H2,1-3H3,(H,17,18);1H. The average molecular weight is 311 g/mol. The van der Waals surface area contributed by atoms with Gasteiger partial charge in [-0.1, -0.05) is 6.92 Å². The fraction of sp³-hybridized carbons (Fsp3) is 0.267. The van der Waals surface area contributed by atoms with Gasteiger partial charge in [-0.2, -0.15) is 0 Å². The lowest BCUT2D eigenvalue weighted by atomic mass is 10.2. The Labute approximate surface area is 129 Å². The molecule has 0 unspecified atom stereocenters. The monoisotopic (exact) mass is 310 g/mol. The van der Waals surface area contributed by atoms with Gasteiger partial charge in [0.1, 0.15) is 11.5 Å². The minimum Gasteiger partial charge on any atom is -0.495 e. The van der Waals surface area contributed by atoms with Crippen molar-refractivity contribution in [3.63, 3.8) is 0 Å². The summed E-state index contributed by atoms with van der Waals surface area (Å²) in [6.45, 7) is 3.90. The van der Waals surface area contributed by atoms with E-state index in [2.05, 4.69) is 5.32 Å². The Morgan fingerprint density at radius 1 is 1.38 bits per heavy atom. The molecule has 1 aromatic heterocycles. The number of amides is 1. The van der Waals surface area contributed by atoms with Crippen molar-refractivity contribution in [3.05, 3.63) is 41.3 Å². The van der Waals surface area contributed by atoms with Crippen molar-refractivity contribution in [1.82, 2.24) is 0 Å². The zero-order valence-electron chi connectivity index (χ0n) is 12.2. The van der Waals surface area contributed by atoms with Gasteiger partial charge in [0.2, 0.25) is 0 Å². The lowest BCUT2D eigenvalue weighted by Crippen LogP contribution is -2.11. The van der Waals surface area contributed by atoms with E-state index in [9.17, 15) is 4.79 Å². The second kappa shape index (κ2) is 7.04. The number of rotatable bonds is 4. The lowest BCUT2D eigenvalue weighted by Gasteiger charge is -2.07. The first-order valence-electron chi connectivity index (χ1n) is 6.39. The molecule has 1 heterocycles. The van der Waals surface area contributed by atoms with Crippen molar-refractivity contribution >= 4 is 29.7 Å². The van der Waals surface area contributed by atoms with Crippen molar-refractivity contribution in [2.24, 2.45) is 0 Å². The Kier molecular flexibility index (Phi) is 5.67. The van der Waals surface area contributed by atoms with Gasteiger partial charge in [0, 0.05) is 12.1 Å². The van der Waals surface area contributed by atoms with Gasteiger partial charge in [-0.3, -0.25) is 4.79 Å². The van der Waals surface area contributed by atoms with E-state index in [1.807, 2.05) is 13.8 Å².